The Hall–Kier alpha value is -1.71. The van der Waals surface area contributed by atoms with Crippen LogP contribution in [-0.2, 0) is 6.54 Å². The van der Waals surface area contributed by atoms with Gasteiger partial charge >= 0.3 is 0 Å². The minimum absolute atomic E-state index is 0.116. The predicted molar refractivity (Wildman–Crippen MR) is 84.2 cm³/mol. The van der Waals surface area contributed by atoms with E-state index in [9.17, 15) is 4.79 Å². The SMILES string of the molecule is [N-]=[N+]=NCc1cc(Cl)c(C(=O)c2ccc(Cl)cc2)c(Cl)c1. The van der Waals surface area contributed by atoms with Gasteiger partial charge in [-0.15, -0.1) is 0 Å². The summed E-state index contributed by atoms with van der Waals surface area (Å²) in [5.41, 5.74) is 9.59. The molecule has 0 aliphatic heterocycles. The average molecular weight is 341 g/mol. The summed E-state index contributed by atoms with van der Waals surface area (Å²) in [5, 5.41) is 4.39. The second kappa shape index (κ2) is 6.83. The number of azide groups is 1. The van der Waals surface area contributed by atoms with Gasteiger partial charge < -0.3 is 0 Å². The number of nitrogens with zero attached hydrogens (tertiary/aromatic N) is 3. The average Bonchev–Trinajstić information content (AvgIpc) is 2.45. The van der Waals surface area contributed by atoms with E-state index in [4.69, 9.17) is 40.3 Å². The number of ketones is 1. The molecule has 21 heavy (non-hydrogen) atoms. The van der Waals surface area contributed by atoms with E-state index < -0.39 is 0 Å². The lowest BCUT2D eigenvalue weighted by molar-refractivity contribution is 0.103. The Labute approximate surface area is 135 Å². The van der Waals surface area contributed by atoms with Gasteiger partial charge in [-0.05, 0) is 47.5 Å². The van der Waals surface area contributed by atoms with Crippen LogP contribution in [0.2, 0.25) is 15.1 Å². The van der Waals surface area contributed by atoms with Crippen LogP contribution in [0, 0.1) is 0 Å². The molecule has 0 heterocycles. The fraction of sp³-hybridized carbons (Fsp3) is 0.0714. The van der Waals surface area contributed by atoms with Gasteiger partial charge in [0.15, 0.2) is 5.78 Å². The van der Waals surface area contributed by atoms with Crippen molar-refractivity contribution in [1.29, 1.82) is 0 Å². The number of halogens is 3. The molecule has 0 N–H and O–H groups in total. The van der Waals surface area contributed by atoms with Crippen molar-refractivity contribution in [3.05, 3.63) is 78.6 Å². The molecule has 2 aromatic carbocycles. The summed E-state index contributed by atoms with van der Waals surface area (Å²) >= 11 is 18.0. The van der Waals surface area contributed by atoms with Crippen LogP contribution in [0.25, 0.3) is 10.4 Å². The highest BCUT2D eigenvalue weighted by Crippen LogP contribution is 2.29. The van der Waals surface area contributed by atoms with Gasteiger partial charge in [0.25, 0.3) is 0 Å². The lowest BCUT2D eigenvalue weighted by Gasteiger charge is -2.08. The van der Waals surface area contributed by atoms with Gasteiger partial charge in [-0.3, -0.25) is 4.79 Å². The molecule has 0 saturated carbocycles. The third-order valence-corrected chi connectivity index (χ3v) is 3.60. The lowest BCUT2D eigenvalue weighted by Crippen LogP contribution is -2.04. The largest absolute Gasteiger partial charge is 0.288 e. The van der Waals surface area contributed by atoms with Crippen molar-refractivity contribution in [3.8, 4) is 0 Å². The zero-order valence-corrected chi connectivity index (χ0v) is 12.8. The van der Waals surface area contributed by atoms with Gasteiger partial charge in [-0.25, -0.2) is 0 Å². The Balaban J connectivity index is 2.41. The van der Waals surface area contributed by atoms with E-state index in [0.717, 1.165) is 0 Å². The maximum absolute atomic E-state index is 12.4. The molecule has 0 aromatic heterocycles. The molecule has 2 rings (SSSR count). The number of carbonyl (C=O) groups is 1. The molecule has 4 nitrogen and oxygen atoms in total. The van der Waals surface area contributed by atoms with Gasteiger partial charge in [0, 0.05) is 15.5 Å². The number of carbonyl (C=O) groups excluding carboxylic acids is 1. The van der Waals surface area contributed by atoms with Crippen LogP contribution < -0.4 is 0 Å². The van der Waals surface area contributed by atoms with Crippen LogP contribution in [0.5, 0.6) is 0 Å². The second-order valence-electron chi connectivity index (χ2n) is 4.16. The Morgan fingerprint density at radius 1 is 1.10 bits per heavy atom. The van der Waals surface area contributed by atoms with E-state index in [2.05, 4.69) is 10.0 Å². The summed E-state index contributed by atoms with van der Waals surface area (Å²) in [6, 6.07) is 9.56. The fourth-order valence-electron chi connectivity index (χ4n) is 1.79. The van der Waals surface area contributed by atoms with E-state index in [0.29, 0.717) is 16.1 Å². The zero-order valence-electron chi connectivity index (χ0n) is 10.6. The molecule has 106 valence electrons. The monoisotopic (exact) mass is 339 g/mol. The highest BCUT2D eigenvalue weighted by Gasteiger charge is 2.17. The minimum Gasteiger partial charge on any atom is -0.288 e. The Kier molecular flexibility index (Phi) is 5.10. The molecule has 0 aliphatic carbocycles. The minimum atomic E-state index is -0.294. The zero-order chi connectivity index (χ0) is 15.4. The molecule has 0 spiro atoms. The van der Waals surface area contributed by atoms with E-state index in [1.165, 1.54) is 0 Å². The molecule has 0 amide bonds. The Bertz CT molecular complexity index is 715. The van der Waals surface area contributed by atoms with Crippen LogP contribution in [0.4, 0.5) is 0 Å². The number of hydrogen-bond donors (Lipinski definition) is 0. The molecule has 0 bridgehead atoms. The third kappa shape index (κ3) is 3.69. The number of rotatable bonds is 4. The maximum Gasteiger partial charge on any atom is 0.196 e. The lowest BCUT2D eigenvalue weighted by atomic mass is 10.0. The molecule has 7 heteroatoms. The first-order valence-electron chi connectivity index (χ1n) is 5.82. The molecule has 0 saturated heterocycles. The van der Waals surface area contributed by atoms with Gasteiger partial charge in [0.2, 0.25) is 0 Å². The first kappa shape index (κ1) is 15.7. The molecule has 0 aliphatic rings. The molecule has 0 unspecified atom stereocenters. The van der Waals surface area contributed by atoms with Crippen molar-refractivity contribution in [3.63, 3.8) is 0 Å². The van der Waals surface area contributed by atoms with Crippen LogP contribution in [0.1, 0.15) is 21.5 Å². The van der Waals surface area contributed by atoms with Crippen LogP contribution in [-0.4, -0.2) is 5.78 Å². The molecule has 0 atom stereocenters. The maximum atomic E-state index is 12.4. The van der Waals surface area contributed by atoms with Crippen LogP contribution in [0.15, 0.2) is 41.5 Å². The normalized spacial score (nSPS) is 10.0. The van der Waals surface area contributed by atoms with Crippen LogP contribution in [0.3, 0.4) is 0 Å². The van der Waals surface area contributed by atoms with Crippen molar-refractivity contribution in [2.24, 2.45) is 5.11 Å². The first-order chi connectivity index (χ1) is 10.0. The highest BCUT2D eigenvalue weighted by molar-refractivity contribution is 6.41. The molecular formula is C14H8Cl3N3O. The molecule has 0 fully saturated rings. The van der Waals surface area contributed by atoms with Crippen LogP contribution >= 0.6 is 34.8 Å². The molecule has 0 radical (unpaired) electrons. The van der Waals surface area contributed by atoms with E-state index in [-0.39, 0.29) is 27.9 Å². The van der Waals surface area contributed by atoms with Gasteiger partial charge in [-0.1, -0.05) is 39.9 Å². The van der Waals surface area contributed by atoms with Crippen molar-refractivity contribution in [1.82, 2.24) is 0 Å². The summed E-state index contributed by atoms with van der Waals surface area (Å²) in [6.07, 6.45) is 0. The van der Waals surface area contributed by atoms with Gasteiger partial charge in [0.05, 0.1) is 22.2 Å². The summed E-state index contributed by atoms with van der Waals surface area (Å²) in [4.78, 5) is 15.1. The number of hydrogen-bond acceptors (Lipinski definition) is 2. The quantitative estimate of drug-likeness (QED) is 0.305. The summed E-state index contributed by atoms with van der Waals surface area (Å²) in [5.74, 6) is -0.294. The van der Waals surface area contributed by atoms with Gasteiger partial charge in [-0.2, -0.15) is 0 Å². The van der Waals surface area contributed by atoms with Crippen molar-refractivity contribution < 1.29 is 4.79 Å². The summed E-state index contributed by atoms with van der Waals surface area (Å²) in [6.45, 7) is 0.116. The van der Waals surface area contributed by atoms with Crippen molar-refractivity contribution in [2.45, 2.75) is 6.54 Å². The highest BCUT2D eigenvalue weighted by atomic mass is 35.5. The first-order valence-corrected chi connectivity index (χ1v) is 6.95. The molecular weight excluding hydrogens is 333 g/mol. The van der Waals surface area contributed by atoms with Crippen molar-refractivity contribution in [2.75, 3.05) is 0 Å². The Morgan fingerprint density at radius 2 is 1.67 bits per heavy atom. The van der Waals surface area contributed by atoms with E-state index >= 15 is 0 Å². The van der Waals surface area contributed by atoms with E-state index in [1.807, 2.05) is 0 Å². The smallest absolute Gasteiger partial charge is 0.196 e. The Morgan fingerprint density at radius 3 is 2.19 bits per heavy atom. The third-order valence-electron chi connectivity index (χ3n) is 2.75. The fourth-order valence-corrected chi connectivity index (χ4v) is 2.62. The second-order valence-corrected chi connectivity index (χ2v) is 5.41. The predicted octanol–water partition coefficient (Wildman–Crippen LogP) is 5.69. The molecule has 2 aromatic rings. The number of benzene rings is 2. The van der Waals surface area contributed by atoms with E-state index in [1.54, 1.807) is 36.4 Å². The summed E-state index contributed by atoms with van der Waals surface area (Å²) < 4.78 is 0. The standard InChI is InChI=1S/C14H8Cl3N3O/c15-10-3-1-9(2-4-10)14(21)13-11(16)5-8(6-12(13)17)7-19-20-18/h1-6H,7H2. The topological polar surface area (TPSA) is 65.8 Å². The summed E-state index contributed by atoms with van der Waals surface area (Å²) in [7, 11) is 0. The van der Waals surface area contributed by atoms with Gasteiger partial charge in [0.1, 0.15) is 0 Å². The van der Waals surface area contributed by atoms with Crippen molar-refractivity contribution >= 4 is 40.6 Å².